The quantitative estimate of drug-likeness (QED) is 0.0343. The van der Waals surface area contributed by atoms with E-state index in [2.05, 4.69) is 34.6 Å². The average molecular weight is 1090 g/mol. The van der Waals surface area contributed by atoms with E-state index in [1.165, 1.54) is 295 Å². The van der Waals surface area contributed by atoms with Gasteiger partial charge in [0, 0.05) is 19.3 Å². The molecule has 0 N–H and O–H groups in total. The fourth-order valence-corrected chi connectivity index (χ4v) is 11.1. The molecule has 0 saturated carbocycles. The molecule has 2 atom stereocenters. The molecule has 0 bridgehead atoms. The molecule has 0 aliphatic rings. The Morgan fingerprint density at radius 1 is 0.273 bits per heavy atom. The SMILES string of the molecule is CCCCCCCCCCCCCCCCCCCCC(=O)O[C@@H](COC(=O)CCCCCCCCCCCCCCCCCCCCC(C)CC)COC(=O)CCCCCCCCCCCCCCCCCCC(C)C. The van der Waals surface area contributed by atoms with E-state index in [0.29, 0.717) is 19.3 Å². The summed E-state index contributed by atoms with van der Waals surface area (Å²) in [5.41, 5.74) is 0. The monoisotopic (exact) mass is 1090 g/mol. The molecule has 6 heteroatoms. The lowest BCUT2D eigenvalue weighted by molar-refractivity contribution is -0.167. The van der Waals surface area contributed by atoms with Crippen molar-refractivity contribution in [3.63, 3.8) is 0 Å². The minimum atomic E-state index is -0.765. The Bertz CT molecular complexity index is 1180. The predicted molar refractivity (Wildman–Crippen MR) is 335 cm³/mol. The van der Waals surface area contributed by atoms with Gasteiger partial charge >= 0.3 is 17.9 Å². The highest BCUT2D eigenvalue weighted by atomic mass is 16.6. The zero-order valence-corrected chi connectivity index (χ0v) is 53.1. The molecule has 0 rings (SSSR count). The number of hydrogen-bond donors (Lipinski definition) is 0. The summed E-state index contributed by atoms with van der Waals surface area (Å²) in [5.74, 6) is 0.939. The van der Waals surface area contributed by atoms with Crippen LogP contribution in [0.5, 0.6) is 0 Å². The van der Waals surface area contributed by atoms with Crippen LogP contribution in [0.3, 0.4) is 0 Å². The lowest BCUT2D eigenvalue weighted by Gasteiger charge is -2.18. The van der Waals surface area contributed by atoms with Crippen molar-refractivity contribution in [2.24, 2.45) is 11.8 Å². The second-order valence-electron chi connectivity index (χ2n) is 25.2. The van der Waals surface area contributed by atoms with Gasteiger partial charge in [0.15, 0.2) is 6.10 Å². The van der Waals surface area contributed by atoms with Crippen LogP contribution in [-0.4, -0.2) is 37.2 Å². The Morgan fingerprint density at radius 2 is 0.494 bits per heavy atom. The summed E-state index contributed by atoms with van der Waals surface area (Å²) in [6, 6.07) is 0. The Hall–Kier alpha value is -1.59. The van der Waals surface area contributed by atoms with Crippen LogP contribution in [0.15, 0.2) is 0 Å². The van der Waals surface area contributed by atoms with Crippen molar-refractivity contribution in [1.29, 1.82) is 0 Å². The molecule has 0 amide bonds. The third-order valence-corrected chi connectivity index (χ3v) is 16.8. The van der Waals surface area contributed by atoms with Gasteiger partial charge in [-0.1, -0.05) is 369 Å². The lowest BCUT2D eigenvalue weighted by Crippen LogP contribution is -2.30. The second-order valence-corrected chi connectivity index (χ2v) is 25.2. The molecule has 1 unspecified atom stereocenters. The zero-order valence-electron chi connectivity index (χ0n) is 53.1. The van der Waals surface area contributed by atoms with Crippen molar-refractivity contribution in [3.8, 4) is 0 Å². The molecule has 0 spiro atoms. The van der Waals surface area contributed by atoms with Gasteiger partial charge in [-0.25, -0.2) is 0 Å². The largest absolute Gasteiger partial charge is 0.462 e. The van der Waals surface area contributed by atoms with Gasteiger partial charge in [0.25, 0.3) is 0 Å². The highest BCUT2D eigenvalue weighted by molar-refractivity contribution is 5.71. The molecular formula is C71H138O6. The third kappa shape index (κ3) is 63.5. The fourth-order valence-electron chi connectivity index (χ4n) is 11.1. The van der Waals surface area contributed by atoms with Crippen molar-refractivity contribution in [1.82, 2.24) is 0 Å². The van der Waals surface area contributed by atoms with Gasteiger partial charge in [-0.15, -0.1) is 0 Å². The summed E-state index contributed by atoms with van der Waals surface area (Å²) in [6.07, 6.45) is 72.5. The van der Waals surface area contributed by atoms with Crippen LogP contribution in [-0.2, 0) is 28.6 Å². The summed E-state index contributed by atoms with van der Waals surface area (Å²) >= 11 is 0. The van der Waals surface area contributed by atoms with Gasteiger partial charge in [-0.3, -0.25) is 14.4 Å². The van der Waals surface area contributed by atoms with Crippen LogP contribution >= 0.6 is 0 Å². The topological polar surface area (TPSA) is 78.9 Å². The molecule has 77 heavy (non-hydrogen) atoms. The van der Waals surface area contributed by atoms with Crippen LogP contribution in [0, 0.1) is 11.8 Å². The van der Waals surface area contributed by atoms with Crippen LogP contribution in [0.25, 0.3) is 0 Å². The predicted octanol–water partition coefficient (Wildman–Crippen LogP) is 23.9. The van der Waals surface area contributed by atoms with Gasteiger partial charge in [-0.05, 0) is 31.1 Å². The van der Waals surface area contributed by atoms with Crippen LogP contribution in [0.2, 0.25) is 0 Å². The maximum absolute atomic E-state index is 13.0. The number of ether oxygens (including phenoxy) is 3. The molecule has 0 aromatic rings. The molecule has 0 radical (unpaired) electrons. The molecule has 6 nitrogen and oxygen atoms in total. The molecular weight excluding hydrogens is 949 g/mol. The van der Waals surface area contributed by atoms with Crippen molar-refractivity contribution in [2.75, 3.05) is 13.2 Å². The number of carbonyl (C=O) groups excluding carboxylic acids is 3. The summed E-state index contributed by atoms with van der Waals surface area (Å²) in [4.78, 5) is 38.5. The van der Waals surface area contributed by atoms with E-state index in [4.69, 9.17) is 14.2 Å². The van der Waals surface area contributed by atoms with Gasteiger partial charge < -0.3 is 14.2 Å². The first kappa shape index (κ1) is 75.4. The molecule has 0 aliphatic heterocycles. The zero-order chi connectivity index (χ0) is 56.0. The first-order chi connectivity index (χ1) is 37.8. The number of esters is 3. The van der Waals surface area contributed by atoms with E-state index in [1.807, 2.05) is 0 Å². The minimum absolute atomic E-state index is 0.0611. The Kier molecular flexibility index (Phi) is 62.3. The lowest BCUT2D eigenvalue weighted by atomic mass is 9.99. The summed E-state index contributed by atoms with van der Waals surface area (Å²) in [6.45, 7) is 11.5. The van der Waals surface area contributed by atoms with E-state index in [9.17, 15) is 14.4 Å². The van der Waals surface area contributed by atoms with Crippen LogP contribution < -0.4 is 0 Å². The van der Waals surface area contributed by atoms with E-state index in [-0.39, 0.29) is 31.1 Å². The number of unbranched alkanes of at least 4 members (excludes halogenated alkanes) is 49. The smallest absolute Gasteiger partial charge is 0.306 e. The maximum Gasteiger partial charge on any atom is 0.306 e. The molecule has 458 valence electrons. The van der Waals surface area contributed by atoms with E-state index in [1.54, 1.807) is 0 Å². The maximum atomic E-state index is 13.0. The highest BCUT2D eigenvalue weighted by Gasteiger charge is 2.20. The summed E-state index contributed by atoms with van der Waals surface area (Å²) in [5, 5.41) is 0. The number of carbonyl (C=O) groups is 3. The van der Waals surface area contributed by atoms with Gasteiger partial charge in [-0.2, -0.15) is 0 Å². The van der Waals surface area contributed by atoms with Crippen LogP contribution in [0.1, 0.15) is 407 Å². The number of hydrogen-bond acceptors (Lipinski definition) is 6. The molecule has 0 aromatic carbocycles. The highest BCUT2D eigenvalue weighted by Crippen LogP contribution is 2.20. The third-order valence-electron chi connectivity index (χ3n) is 16.8. The van der Waals surface area contributed by atoms with Crippen LogP contribution in [0.4, 0.5) is 0 Å². The standard InChI is InChI=1S/C71H138O6/c1-6-8-9-10-11-12-13-14-15-16-20-28-33-38-43-48-53-58-63-71(74)77-68(65-76-70(73)62-57-52-47-42-37-32-27-23-22-24-29-34-39-44-49-54-59-66(3)4)64-75-69(72)61-56-51-46-41-36-31-26-21-18-17-19-25-30-35-40-45-50-55-60-67(5)7-2/h66-68H,6-65H2,1-5H3/t67?,68-/m0/s1. The van der Waals surface area contributed by atoms with E-state index >= 15 is 0 Å². The normalized spacial score (nSPS) is 12.4. The molecule has 0 fully saturated rings. The van der Waals surface area contributed by atoms with Gasteiger partial charge in [0.05, 0.1) is 0 Å². The summed E-state index contributed by atoms with van der Waals surface area (Å²) in [7, 11) is 0. The first-order valence-corrected chi connectivity index (χ1v) is 35.3. The van der Waals surface area contributed by atoms with Crippen molar-refractivity contribution in [2.45, 2.75) is 413 Å². The van der Waals surface area contributed by atoms with Gasteiger partial charge in [0.2, 0.25) is 0 Å². The molecule has 0 saturated heterocycles. The van der Waals surface area contributed by atoms with Crippen molar-refractivity contribution >= 4 is 17.9 Å². The average Bonchev–Trinajstić information content (AvgIpc) is 3.42. The Labute approximate surface area is 482 Å². The first-order valence-electron chi connectivity index (χ1n) is 35.3. The number of rotatable bonds is 65. The minimum Gasteiger partial charge on any atom is -0.462 e. The molecule has 0 aliphatic carbocycles. The fraction of sp³-hybridized carbons (Fsp3) is 0.958. The summed E-state index contributed by atoms with van der Waals surface area (Å²) < 4.78 is 17.0. The molecule has 0 heterocycles. The Morgan fingerprint density at radius 3 is 0.740 bits per heavy atom. The van der Waals surface area contributed by atoms with Crippen molar-refractivity contribution < 1.29 is 28.6 Å². The van der Waals surface area contributed by atoms with Gasteiger partial charge in [0.1, 0.15) is 13.2 Å². The van der Waals surface area contributed by atoms with E-state index in [0.717, 1.165) is 69.6 Å². The molecule has 0 aromatic heterocycles. The van der Waals surface area contributed by atoms with E-state index < -0.39 is 6.10 Å². The Balaban J connectivity index is 4.27. The van der Waals surface area contributed by atoms with Crippen molar-refractivity contribution in [3.05, 3.63) is 0 Å². The second kappa shape index (κ2) is 63.6.